The SMILES string of the molecule is C[C@H](NS(=O)(=O)c1cccc(C#N)c1)C12CC3CC(CC(C3)C1)C2. The smallest absolute Gasteiger partial charge is 0.208 e. The molecule has 0 heterocycles. The van der Waals surface area contributed by atoms with Crippen molar-refractivity contribution in [2.24, 2.45) is 23.2 Å². The fourth-order valence-corrected chi connectivity index (χ4v) is 7.26. The van der Waals surface area contributed by atoms with E-state index in [1.807, 2.05) is 13.0 Å². The molecule has 4 aliphatic rings. The molecule has 24 heavy (non-hydrogen) atoms. The Morgan fingerprint density at radius 1 is 1.17 bits per heavy atom. The molecule has 1 aromatic rings. The largest absolute Gasteiger partial charge is 0.240 e. The third-order valence-electron chi connectivity index (χ3n) is 6.61. The number of sulfonamides is 1. The molecule has 1 N–H and O–H groups in total. The fraction of sp³-hybridized carbons (Fsp3) is 0.632. The van der Waals surface area contributed by atoms with Crippen LogP contribution >= 0.6 is 0 Å². The lowest BCUT2D eigenvalue weighted by Gasteiger charge is -2.59. The van der Waals surface area contributed by atoms with Crippen molar-refractivity contribution in [1.82, 2.24) is 4.72 Å². The maximum absolute atomic E-state index is 12.8. The summed E-state index contributed by atoms with van der Waals surface area (Å²) >= 11 is 0. The molecule has 0 spiro atoms. The first-order valence-corrected chi connectivity index (χ1v) is 10.4. The number of nitrogens with zero attached hydrogens (tertiary/aromatic N) is 1. The van der Waals surface area contributed by atoms with Gasteiger partial charge in [-0.1, -0.05) is 6.07 Å². The van der Waals surface area contributed by atoms with E-state index in [1.54, 1.807) is 18.2 Å². The van der Waals surface area contributed by atoms with Crippen LogP contribution in [0.15, 0.2) is 29.2 Å². The molecule has 4 bridgehead atoms. The quantitative estimate of drug-likeness (QED) is 0.909. The van der Waals surface area contributed by atoms with Gasteiger partial charge < -0.3 is 0 Å². The van der Waals surface area contributed by atoms with Crippen LogP contribution in [-0.2, 0) is 10.0 Å². The molecule has 1 aromatic carbocycles. The van der Waals surface area contributed by atoms with E-state index >= 15 is 0 Å². The first kappa shape index (κ1) is 16.1. The highest BCUT2D eigenvalue weighted by Gasteiger charge is 2.53. The minimum absolute atomic E-state index is 0.0540. The van der Waals surface area contributed by atoms with E-state index < -0.39 is 10.0 Å². The highest BCUT2D eigenvalue weighted by molar-refractivity contribution is 7.89. The van der Waals surface area contributed by atoms with Crippen LogP contribution in [0, 0.1) is 34.5 Å². The third kappa shape index (κ3) is 2.66. The van der Waals surface area contributed by atoms with E-state index in [0.29, 0.717) is 5.56 Å². The van der Waals surface area contributed by atoms with E-state index in [1.165, 1.54) is 44.6 Å². The van der Waals surface area contributed by atoms with Gasteiger partial charge in [-0.2, -0.15) is 5.26 Å². The number of hydrogen-bond donors (Lipinski definition) is 1. The maximum Gasteiger partial charge on any atom is 0.240 e. The van der Waals surface area contributed by atoms with Crippen LogP contribution in [0.2, 0.25) is 0 Å². The number of benzene rings is 1. The zero-order chi connectivity index (χ0) is 16.9. The maximum atomic E-state index is 12.8. The van der Waals surface area contributed by atoms with Crippen molar-refractivity contribution in [3.05, 3.63) is 29.8 Å². The molecule has 0 radical (unpaired) electrons. The summed E-state index contributed by atoms with van der Waals surface area (Å²) in [5, 5.41) is 9.00. The Morgan fingerprint density at radius 2 is 1.75 bits per heavy atom. The summed E-state index contributed by atoms with van der Waals surface area (Å²) in [6, 6.07) is 8.23. The third-order valence-corrected chi connectivity index (χ3v) is 8.15. The molecule has 0 saturated heterocycles. The Kier molecular flexibility index (Phi) is 3.74. The second-order valence-electron chi connectivity index (χ2n) is 8.26. The van der Waals surface area contributed by atoms with Crippen molar-refractivity contribution in [2.75, 3.05) is 0 Å². The van der Waals surface area contributed by atoms with Crippen LogP contribution in [0.25, 0.3) is 0 Å². The highest BCUT2D eigenvalue weighted by atomic mass is 32.2. The topological polar surface area (TPSA) is 70.0 Å². The van der Waals surface area contributed by atoms with E-state index in [4.69, 9.17) is 5.26 Å². The van der Waals surface area contributed by atoms with Crippen molar-refractivity contribution in [2.45, 2.75) is 56.4 Å². The molecular formula is C19H24N2O2S. The van der Waals surface area contributed by atoms with E-state index in [0.717, 1.165) is 17.8 Å². The van der Waals surface area contributed by atoms with Gasteiger partial charge in [0.25, 0.3) is 0 Å². The predicted octanol–water partition coefficient (Wildman–Crippen LogP) is 3.44. The summed E-state index contributed by atoms with van der Waals surface area (Å²) in [6.45, 7) is 2.04. The Morgan fingerprint density at radius 3 is 2.29 bits per heavy atom. The summed E-state index contributed by atoms with van der Waals surface area (Å²) in [5.74, 6) is 2.39. The molecule has 1 atom stereocenters. The Bertz CT molecular complexity index is 759. The van der Waals surface area contributed by atoms with E-state index in [2.05, 4.69) is 4.72 Å². The predicted molar refractivity (Wildman–Crippen MR) is 91.5 cm³/mol. The van der Waals surface area contributed by atoms with Gasteiger partial charge in [0, 0.05) is 6.04 Å². The zero-order valence-electron chi connectivity index (χ0n) is 14.0. The minimum Gasteiger partial charge on any atom is -0.208 e. The second-order valence-corrected chi connectivity index (χ2v) is 9.98. The summed E-state index contributed by atoms with van der Waals surface area (Å²) in [6.07, 6.45) is 7.55. The molecule has 0 aliphatic heterocycles. The van der Waals surface area contributed by atoms with Gasteiger partial charge >= 0.3 is 0 Å². The molecule has 4 aliphatic carbocycles. The van der Waals surface area contributed by atoms with Crippen LogP contribution in [0.4, 0.5) is 0 Å². The number of nitrogens with one attached hydrogen (secondary N) is 1. The van der Waals surface area contributed by atoms with Crippen molar-refractivity contribution in [3.8, 4) is 6.07 Å². The lowest BCUT2D eigenvalue weighted by Crippen LogP contribution is -2.55. The van der Waals surface area contributed by atoms with Gasteiger partial charge in [-0.05, 0) is 86.8 Å². The van der Waals surface area contributed by atoms with Gasteiger partial charge in [0.05, 0.1) is 16.5 Å². The highest BCUT2D eigenvalue weighted by Crippen LogP contribution is 2.61. The number of rotatable bonds is 4. The molecule has 128 valence electrons. The summed E-state index contributed by atoms with van der Waals surface area (Å²) in [7, 11) is -3.59. The standard InChI is InChI=1S/C19H24N2O2S/c1-13(19-9-15-5-16(10-19)7-17(6-15)11-19)21-24(22,23)18-4-2-3-14(8-18)12-20/h2-4,8,13,15-17,21H,5-7,9-11H2,1H3/t13-,15?,16?,17?,19?/m0/s1. The van der Waals surface area contributed by atoms with Gasteiger partial charge in [0.1, 0.15) is 0 Å². The molecule has 4 fully saturated rings. The average Bonchev–Trinajstić information content (AvgIpc) is 2.53. The van der Waals surface area contributed by atoms with Crippen molar-refractivity contribution >= 4 is 10.0 Å². The zero-order valence-corrected chi connectivity index (χ0v) is 14.8. The molecule has 4 saturated carbocycles. The van der Waals surface area contributed by atoms with Crippen LogP contribution in [0.5, 0.6) is 0 Å². The Hall–Kier alpha value is -1.38. The first-order chi connectivity index (χ1) is 11.4. The molecule has 0 unspecified atom stereocenters. The molecule has 4 nitrogen and oxygen atoms in total. The van der Waals surface area contributed by atoms with Crippen molar-refractivity contribution in [3.63, 3.8) is 0 Å². The molecular weight excluding hydrogens is 320 g/mol. The van der Waals surface area contributed by atoms with Gasteiger partial charge in [-0.25, -0.2) is 13.1 Å². The van der Waals surface area contributed by atoms with Crippen LogP contribution < -0.4 is 4.72 Å². The number of nitriles is 1. The van der Waals surface area contributed by atoms with Crippen LogP contribution in [0.3, 0.4) is 0 Å². The van der Waals surface area contributed by atoms with E-state index in [-0.39, 0.29) is 16.4 Å². The average molecular weight is 344 g/mol. The normalized spacial score (nSPS) is 35.6. The number of hydrogen-bond acceptors (Lipinski definition) is 3. The first-order valence-electron chi connectivity index (χ1n) is 8.93. The molecule has 5 heteroatoms. The molecule has 5 rings (SSSR count). The van der Waals surface area contributed by atoms with Crippen LogP contribution in [0.1, 0.15) is 51.0 Å². The monoisotopic (exact) mass is 344 g/mol. The second kappa shape index (κ2) is 5.57. The minimum atomic E-state index is -3.59. The van der Waals surface area contributed by atoms with Crippen molar-refractivity contribution < 1.29 is 8.42 Å². The fourth-order valence-electron chi connectivity index (χ4n) is 5.87. The van der Waals surface area contributed by atoms with Gasteiger partial charge in [0.2, 0.25) is 10.0 Å². The molecule has 0 aromatic heterocycles. The lowest BCUT2D eigenvalue weighted by molar-refractivity contribution is -0.0666. The molecule has 0 amide bonds. The van der Waals surface area contributed by atoms with Gasteiger partial charge in [0.15, 0.2) is 0 Å². The van der Waals surface area contributed by atoms with Crippen LogP contribution in [-0.4, -0.2) is 14.5 Å². The van der Waals surface area contributed by atoms with E-state index in [9.17, 15) is 8.42 Å². The lowest BCUT2D eigenvalue weighted by atomic mass is 9.48. The summed E-state index contributed by atoms with van der Waals surface area (Å²) < 4.78 is 28.5. The van der Waals surface area contributed by atoms with Gasteiger partial charge in [-0.3, -0.25) is 0 Å². The summed E-state index contributed by atoms with van der Waals surface area (Å²) in [5.41, 5.74) is 0.509. The Labute approximate surface area is 144 Å². The van der Waals surface area contributed by atoms with Crippen molar-refractivity contribution in [1.29, 1.82) is 5.26 Å². The van der Waals surface area contributed by atoms with Gasteiger partial charge in [-0.15, -0.1) is 0 Å². The summed E-state index contributed by atoms with van der Waals surface area (Å²) in [4.78, 5) is 0.193. The Balaban J connectivity index is 1.57.